The number of benzene rings is 1. The van der Waals surface area contributed by atoms with Gasteiger partial charge >= 0.3 is 0 Å². The molecule has 0 amide bonds. The lowest BCUT2D eigenvalue weighted by molar-refractivity contribution is 0.213. The zero-order valence-electron chi connectivity index (χ0n) is 7.75. The van der Waals surface area contributed by atoms with Crippen LogP contribution in [0.15, 0.2) is 24.3 Å². The molecule has 1 heterocycles. The molecule has 0 N–H and O–H groups in total. The van der Waals surface area contributed by atoms with Gasteiger partial charge in [0.1, 0.15) is 11.9 Å². The van der Waals surface area contributed by atoms with E-state index < -0.39 is 0 Å². The summed E-state index contributed by atoms with van der Waals surface area (Å²) in [5.41, 5.74) is 1.10. The third kappa shape index (κ3) is 1.68. The number of rotatable bonds is 2. The zero-order chi connectivity index (χ0) is 9.10. The van der Waals surface area contributed by atoms with Gasteiger partial charge in [0.05, 0.1) is 7.11 Å². The predicted molar refractivity (Wildman–Crippen MR) is 50.5 cm³/mol. The Labute approximate surface area is 78.5 Å². The quantitative estimate of drug-likeness (QED) is 0.690. The van der Waals surface area contributed by atoms with Gasteiger partial charge in [0.25, 0.3) is 0 Å². The molecule has 1 aromatic rings. The van der Waals surface area contributed by atoms with Crippen molar-refractivity contribution in [3.05, 3.63) is 35.9 Å². The van der Waals surface area contributed by atoms with E-state index in [1.165, 1.54) is 0 Å². The Morgan fingerprint density at radius 3 is 2.85 bits per heavy atom. The Bertz CT molecular complexity index is 277. The van der Waals surface area contributed by atoms with Gasteiger partial charge in [-0.15, -0.1) is 0 Å². The van der Waals surface area contributed by atoms with Crippen LogP contribution >= 0.6 is 0 Å². The van der Waals surface area contributed by atoms with E-state index in [1.807, 2.05) is 24.3 Å². The summed E-state index contributed by atoms with van der Waals surface area (Å²) in [6.45, 7) is 0.841. The minimum absolute atomic E-state index is 0.841. The fourth-order valence-electron chi connectivity index (χ4n) is 1.59. The first-order valence-corrected chi connectivity index (χ1v) is 4.54. The molecule has 2 rings (SSSR count). The van der Waals surface area contributed by atoms with Gasteiger partial charge in [-0.05, 0) is 18.9 Å². The van der Waals surface area contributed by atoms with Crippen molar-refractivity contribution in [2.75, 3.05) is 13.7 Å². The van der Waals surface area contributed by atoms with Gasteiger partial charge in [0, 0.05) is 12.2 Å². The second-order valence-electron chi connectivity index (χ2n) is 3.08. The molecular weight excluding hydrogens is 164 g/mol. The van der Waals surface area contributed by atoms with E-state index in [9.17, 15) is 0 Å². The number of hydrogen-bond donors (Lipinski definition) is 0. The van der Waals surface area contributed by atoms with Crippen molar-refractivity contribution < 1.29 is 9.47 Å². The standard InChI is InChI=1S/C11H13O2/c1-12-10-6-3-2-5-9(10)11-7-4-8-13-11/h2-3,5-6H,4,7-8H2,1H3. The molecule has 13 heavy (non-hydrogen) atoms. The maximum absolute atomic E-state index is 5.52. The van der Waals surface area contributed by atoms with Crippen molar-refractivity contribution in [1.29, 1.82) is 0 Å². The molecule has 2 heteroatoms. The van der Waals surface area contributed by atoms with Crippen molar-refractivity contribution in [2.24, 2.45) is 0 Å². The summed E-state index contributed by atoms with van der Waals surface area (Å²) in [7, 11) is 1.69. The van der Waals surface area contributed by atoms with Crippen LogP contribution in [-0.2, 0) is 4.74 Å². The van der Waals surface area contributed by atoms with Gasteiger partial charge < -0.3 is 9.47 Å². The van der Waals surface area contributed by atoms with E-state index >= 15 is 0 Å². The van der Waals surface area contributed by atoms with Crippen LogP contribution in [0, 0.1) is 6.10 Å². The van der Waals surface area contributed by atoms with E-state index in [0.29, 0.717) is 0 Å². The van der Waals surface area contributed by atoms with E-state index in [-0.39, 0.29) is 0 Å². The highest BCUT2D eigenvalue weighted by atomic mass is 16.5. The minimum atomic E-state index is 0.841. The molecule has 0 aliphatic carbocycles. The molecule has 2 nitrogen and oxygen atoms in total. The summed E-state index contributed by atoms with van der Waals surface area (Å²) in [4.78, 5) is 0. The average molecular weight is 177 g/mol. The fourth-order valence-corrected chi connectivity index (χ4v) is 1.59. The summed E-state index contributed by atoms with van der Waals surface area (Å²) in [6, 6.07) is 7.98. The Morgan fingerprint density at radius 1 is 1.31 bits per heavy atom. The topological polar surface area (TPSA) is 18.5 Å². The van der Waals surface area contributed by atoms with Crippen LogP contribution in [-0.4, -0.2) is 13.7 Å². The molecule has 1 aliphatic rings. The smallest absolute Gasteiger partial charge is 0.130 e. The zero-order valence-corrected chi connectivity index (χ0v) is 7.75. The van der Waals surface area contributed by atoms with E-state index in [2.05, 4.69) is 0 Å². The summed E-state index contributed by atoms with van der Waals surface area (Å²) in [5, 5.41) is 0. The highest BCUT2D eigenvalue weighted by Gasteiger charge is 2.21. The highest BCUT2D eigenvalue weighted by Crippen LogP contribution is 2.33. The van der Waals surface area contributed by atoms with Gasteiger partial charge in [-0.1, -0.05) is 18.2 Å². The Balaban J connectivity index is 2.26. The lowest BCUT2D eigenvalue weighted by atomic mass is 10.1. The Kier molecular flexibility index (Phi) is 2.50. The van der Waals surface area contributed by atoms with Crippen molar-refractivity contribution in [3.8, 4) is 5.75 Å². The molecular formula is C11H13O2. The molecule has 0 unspecified atom stereocenters. The van der Waals surface area contributed by atoms with Crippen LogP contribution in [0.25, 0.3) is 0 Å². The average Bonchev–Trinajstić information content (AvgIpc) is 2.70. The van der Waals surface area contributed by atoms with Crippen molar-refractivity contribution in [1.82, 2.24) is 0 Å². The molecule has 1 aliphatic heterocycles. The molecule has 0 atom stereocenters. The fraction of sp³-hybridized carbons (Fsp3) is 0.364. The minimum Gasteiger partial charge on any atom is -0.496 e. The maximum Gasteiger partial charge on any atom is 0.130 e. The molecule has 1 radical (unpaired) electrons. The number of ether oxygens (including phenoxy) is 2. The SMILES string of the molecule is COc1ccccc1[C]1CCCO1. The third-order valence-corrected chi connectivity index (χ3v) is 2.23. The van der Waals surface area contributed by atoms with Crippen molar-refractivity contribution >= 4 is 0 Å². The van der Waals surface area contributed by atoms with Crippen LogP contribution in [0.2, 0.25) is 0 Å². The predicted octanol–water partition coefficient (Wildman–Crippen LogP) is 2.39. The summed E-state index contributed by atoms with van der Waals surface area (Å²) < 4.78 is 10.8. The molecule has 0 aromatic heterocycles. The first-order valence-electron chi connectivity index (χ1n) is 4.54. The molecule has 1 aromatic carbocycles. The van der Waals surface area contributed by atoms with E-state index in [0.717, 1.165) is 36.9 Å². The normalized spacial score (nSPS) is 17.6. The summed E-state index contributed by atoms with van der Waals surface area (Å²) in [5.74, 6) is 0.902. The number of hydrogen-bond acceptors (Lipinski definition) is 2. The first-order chi connectivity index (χ1) is 6.42. The summed E-state index contributed by atoms with van der Waals surface area (Å²) >= 11 is 0. The van der Waals surface area contributed by atoms with E-state index in [1.54, 1.807) is 7.11 Å². The lowest BCUT2D eigenvalue weighted by Crippen LogP contribution is -1.99. The van der Waals surface area contributed by atoms with Gasteiger partial charge in [-0.2, -0.15) is 0 Å². The lowest BCUT2D eigenvalue weighted by Gasteiger charge is -2.12. The second kappa shape index (κ2) is 3.79. The van der Waals surface area contributed by atoms with Crippen LogP contribution in [0.5, 0.6) is 5.75 Å². The number of para-hydroxylation sites is 1. The van der Waals surface area contributed by atoms with Crippen molar-refractivity contribution in [2.45, 2.75) is 12.8 Å². The van der Waals surface area contributed by atoms with Crippen LogP contribution in [0.4, 0.5) is 0 Å². The van der Waals surface area contributed by atoms with Crippen LogP contribution in [0.3, 0.4) is 0 Å². The molecule has 0 saturated carbocycles. The van der Waals surface area contributed by atoms with Crippen molar-refractivity contribution in [3.63, 3.8) is 0 Å². The summed E-state index contributed by atoms with van der Waals surface area (Å²) in [6.07, 6.45) is 3.21. The molecule has 0 bridgehead atoms. The molecule has 0 spiro atoms. The molecule has 1 saturated heterocycles. The Morgan fingerprint density at radius 2 is 2.15 bits per heavy atom. The molecule has 69 valence electrons. The van der Waals surface area contributed by atoms with E-state index in [4.69, 9.17) is 9.47 Å². The second-order valence-corrected chi connectivity index (χ2v) is 3.08. The Hall–Kier alpha value is -1.02. The first kappa shape index (κ1) is 8.57. The third-order valence-electron chi connectivity index (χ3n) is 2.23. The van der Waals surface area contributed by atoms with Crippen LogP contribution in [0.1, 0.15) is 18.4 Å². The van der Waals surface area contributed by atoms with Gasteiger partial charge in [0.15, 0.2) is 0 Å². The largest absolute Gasteiger partial charge is 0.496 e. The van der Waals surface area contributed by atoms with Crippen LogP contribution < -0.4 is 4.74 Å². The number of methoxy groups -OCH3 is 1. The van der Waals surface area contributed by atoms with Gasteiger partial charge in [0.2, 0.25) is 0 Å². The maximum atomic E-state index is 5.52. The van der Waals surface area contributed by atoms with Gasteiger partial charge in [-0.3, -0.25) is 0 Å². The van der Waals surface area contributed by atoms with Gasteiger partial charge in [-0.25, -0.2) is 0 Å². The molecule has 1 fully saturated rings. The monoisotopic (exact) mass is 177 g/mol. The highest BCUT2D eigenvalue weighted by molar-refractivity contribution is 5.41.